The molecule has 0 saturated carbocycles. The summed E-state index contributed by atoms with van der Waals surface area (Å²) in [6, 6.07) is 5.59. The Hall–Kier alpha value is -1.55. The molecule has 1 amide bonds. The number of amides is 1. The topological polar surface area (TPSA) is 58.4 Å². The molecule has 1 aromatic carbocycles. The van der Waals surface area contributed by atoms with Crippen LogP contribution in [0.3, 0.4) is 0 Å². The number of hydrogen-bond donors (Lipinski definition) is 2. The first-order valence-corrected chi connectivity index (χ1v) is 7.32. The summed E-state index contributed by atoms with van der Waals surface area (Å²) in [5.41, 5.74) is 8.28. The maximum absolute atomic E-state index is 12.2. The highest BCUT2D eigenvalue weighted by molar-refractivity contribution is 5.93. The van der Waals surface area contributed by atoms with Crippen molar-refractivity contribution >= 4 is 17.3 Å². The fourth-order valence-electron chi connectivity index (χ4n) is 3.09. The molecule has 1 saturated heterocycles. The van der Waals surface area contributed by atoms with Crippen molar-refractivity contribution in [3.63, 3.8) is 0 Å². The number of nitrogens with zero attached hydrogens (tertiary/aromatic N) is 1. The van der Waals surface area contributed by atoms with Crippen molar-refractivity contribution in [2.75, 3.05) is 30.7 Å². The SMILES string of the molecule is Cc1ccc(N)cc1NC(=O)CN1CC(C)CC(C)C1. The van der Waals surface area contributed by atoms with Crippen molar-refractivity contribution in [2.24, 2.45) is 11.8 Å². The highest BCUT2D eigenvalue weighted by atomic mass is 16.2. The number of nitrogen functional groups attached to an aromatic ring is 1. The minimum absolute atomic E-state index is 0.0417. The summed E-state index contributed by atoms with van der Waals surface area (Å²) in [6.07, 6.45) is 1.26. The van der Waals surface area contributed by atoms with Gasteiger partial charge in [0.1, 0.15) is 0 Å². The van der Waals surface area contributed by atoms with Crippen LogP contribution in [0.5, 0.6) is 0 Å². The van der Waals surface area contributed by atoms with Crippen LogP contribution in [0.4, 0.5) is 11.4 Å². The van der Waals surface area contributed by atoms with Gasteiger partial charge in [0, 0.05) is 24.5 Å². The zero-order chi connectivity index (χ0) is 14.7. The third-order valence-electron chi connectivity index (χ3n) is 3.85. The highest BCUT2D eigenvalue weighted by Gasteiger charge is 2.23. The number of likely N-dealkylation sites (tertiary alicyclic amines) is 1. The molecule has 2 atom stereocenters. The number of carbonyl (C=O) groups is 1. The lowest BCUT2D eigenvalue weighted by atomic mass is 9.92. The van der Waals surface area contributed by atoms with E-state index in [1.165, 1.54) is 6.42 Å². The average molecular weight is 275 g/mol. The van der Waals surface area contributed by atoms with Crippen molar-refractivity contribution in [2.45, 2.75) is 27.2 Å². The maximum atomic E-state index is 12.2. The monoisotopic (exact) mass is 275 g/mol. The van der Waals surface area contributed by atoms with Crippen LogP contribution < -0.4 is 11.1 Å². The van der Waals surface area contributed by atoms with E-state index in [-0.39, 0.29) is 5.91 Å². The van der Waals surface area contributed by atoms with Gasteiger partial charge >= 0.3 is 0 Å². The van der Waals surface area contributed by atoms with Gasteiger partial charge in [-0.1, -0.05) is 19.9 Å². The van der Waals surface area contributed by atoms with Crippen LogP contribution in [-0.4, -0.2) is 30.4 Å². The molecule has 1 aromatic rings. The summed E-state index contributed by atoms with van der Waals surface area (Å²) in [6.45, 7) is 8.95. The fourth-order valence-corrected chi connectivity index (χ4v) is 3.09. The van der Waals surface area contributed by atoms with Crippen LogP contribution in [0, 0.1) is 18.8 Å². The van der Waals surface area contributed by atoms with Crippen molar-refractivity contribution in [1.29, 1.82) is 0 Å². The average Bonchev–Trinajstić information content (AvgIpc) is 2.32. The lowest BCUT2D eigenvalue weighted by Crippen LogP contribution is -2.42. The van der Waals surface area contributed by atoms with Gasteiger partial charge in [0.15, 0.2) is 0 Å². The van der Waals surface area contributed by atoms with E-state index in [0.717, 1.165) is 24.3 Å². The van der Waals surface area contributed by atoms with Crippen LogP contribution in [0.15, 0.2) is 18.2 Å². The van der Waals surface area contributed by atoms with Gasteiger partial charge in [-0.3, -0.25) is 9.69 Å². The predicted molar refractivity (Wildman–Crippen MR) is 83.6 cm³/mol. The molecule has 0 aromatic heterocycles. The zero-order valence-electron chi connectivity index (χ0n) is 12.6. The standard InChI is InChI=1S/C16H25N3O/c1-11-6-12(2)9-19(8-11)10-16(20)18-15-7-14(17)5-4-13(15)3/h4-5,7,11-12H,6,8-10,17H2,1-3H3,(H,18,20). The molecule has 110 valence electrons. The van der Waals surface area contributed by atoms with Gasteiger partial charge in [-0.05, 0) is 42.9 Å². The van der Waals surface area contributed by atoms with E-state index in [0.29, 0.717) is 24.1 Å². The molecule has 0 aliphatic carbocycles. The number of hydrogen-bond acceptors (Lipinski definition) is 3. The van der Waals surface area contributed by atoms with E-state index in [9.17, 15) is 4.79 Å². The predicted octanol–water partition coefficient (Wildman–Crippen LogP) is 2.49. The van der Waals surface area contributed by atoms with Crippen LogP contribution in [0.1, 0.15) is 25.8 Å². The van der Waals surface area contributed by atoms with Crippen LogP contribution in [-0.2, 0) is 4.79 Å². The molecule has 4 nitrogen and oxygen atoms in total. The van der Waals surface area contributed by atoms with E-state index >= 15 is 0 Å². The van der Waals surface area contributed by atoms with Gasteiger partial charge in [-0.15, -0.1) is 0 Å². The molecule has 2 rings (SSSR count). The molecule has 3 N–H and O–H groups in total. The van der Waals surface area contributed by atoms with E-state index in [4.69, 9.17) is 5.73 Å². The smallest absolute Gasteiger partial charge is 0.238 e. The highest BCUT2D eigenvalue weighted by Crippen LogP contribution is 2.21. The first kappa shape index (κ1) is 14.9. The summed E-state index contributed by atoms with van der Waals surface area (Å²) >= 11 is 0. The Kier molecular flexibility index (Phi) is 4.65. The molecule has 20 heavy (non-hydrogen) atoms. The van der Waals surface area contributed by atoms with Crippen molar-refractivity contribution in [1.82, 2.24) is 4.90 Å². The molecule has 1 aliphatic rings. The number of nitrogens with one attached hydrogen (secondary N) is 1. The third kappa shape index (κ3) is 3.97. The van der Waals surface area contributed by atoms with Gasteiger partial charge in [-0.2, -0.15) is 0 Å². The van der Waals surface area contributed by atoms with Crippen LogP contribution >= 0.6 is 0 Å². The van der Waals surface area contributed by atoms with Crippen molar-refractivity contribution in [3.05, 3.63) is 23.8 Å². The number of piperidine rings is 1. The number of aryl methyl sites for hydroxylation is 1. The molecule has 1 heterocycles. The van der Waals surface area contributed by atoms with Gasteiger partial charge < -0.3 is 11.1 Å². The molecule has 0 bridgehead atoms. The second-order valence-corrected chi connectivity index (χ2v) is 6.26. The normalized spacial score (nSPS) is 23.6. The molecule has 0 radical (unpaired) electrons. The quantitative estimate of drug-likeness (QED) is 0.833. The lowest BCUT2D eigenvalue weighted by Gasteiger charge is -2.34. The first-order valence-electron chi connectivity index (χ1n) is 7.32. The fraction of sp³-hybridized carbons (Fsp3) is 0.562. The van der Waals surface area contributed by atoms with Gasteiger partial charge in [0.2, 0.25) is 5.91 Å². The Labute approximate surface area is 121 Å². The first-order chi connectivity index (χ1) is 9.44. The summed E-state index contributed by atoms with van der Waals surface area (Å²) in [4.78, 5) is 14.4. The molecule has 4 heteroatoms. The molecular weight excluding hydrogens is 250 g/mol. The summed E-state index contributed by atoms with van der Waals surface area (Å²) in [5, 5.41) is 2.97. The Morgan fingerprint density at radius 3 is 2.65 bits per heavy atom. The van der Waals surface area contributed by atoms with E-state index < -0.39 is 0 Å². The Bertz CT molecular complexity index is 477. The number of nitrogens with two attached hydrogens (primary N) is 1. The van der Waals surface area contributed by atoms with E-state index in [1.54, 1.807) is 0 Å². The number of rotatable bonds is 3. The van der Waals surface area contributed by atoms with Gasteiger partial charge in [0.25, 0.3) is 0 Å². The lowest BCUT2D eigenvalue weighted by molar-refractivity contribution is -0.117. The minimum atomic E-state index is 0.0417. The summed E-state index contributed by atoms with van der Waals surface area (Å²) in [7, 11) is 0. The Balaban J connectivity index is 1.93. The second kappa shape index (κ2) is 6.27. The van der Waals surface area contributed by atoms with Crippen molar-refractivity contribution < 1.29 is 4.79 Å². The van der Waals surface area contributed by atoms with Crippen LogP contribution in [0.2, 0.25) is 0 Å². The van der Waals surface area contributed by atoms with E-state index in [1.807, 2.05) is 25.1 Å². The minimum Gasteiger partial charge on any atom is -0.399 e. The van der Waals surface area contributed by atoms with Crippen LogP contribution in [0.25, 0.3) is 0 Å². The van der Waals surface area contributed by atoms with Crippen molar-refractivity contribution in [3.8, 4) is 0 Å². The molecule has 1 fully saturated rings. The van der Waals surface area contributed by atoms with Gasteiger partial charge in [0.05, 0.1) is 6.54 Å². The molecule has 0 spiro atoms. The van der Waals surface area contributed by atoms with Gasteiger partial charge in [-0.25, -0.2) is 0 Å². The molecular formula is C16H25N3O. The Morgan fingerprint density at radius 2 is 2.00 bits per heavy atom. The number of anilines is 2. The third-order valence-corrected chi connectivity index (χ3v) is 3.85. The number of benzene rings is 1. The molecule has 1 aliphatic heterocycles. The maximum Gasteiger partial charge on any atom is 0.238 e. The summed E-state index contributed by atoms with van der Waals surface area (Å²) < 4.78 is 0. The zero-order valence-corrected chi connectivity index (χ0v) is 12.6. The Morgan fingerprint density at radius 1 is 1.35 bits per heavy atom. The summed E-state index contributed by atoms with van der Waals surface area (Å²) in [5.74, 6) is 1.38. The largest absolute Gasteiger partial charge is 0.399 e. The second-order valence-electron chi connectivity index (χ2n) is 6.26. The molecule has 2 unspecified atom stereocenters. The number of carbonyl (C=O) groups excluding carboxylic acids is 1. The van der Waals surface area contributed by atoms with E-state index in [2.05, 4.69) is 24.1 Å².